The Morgan fingerprint density at radius 1 is 1.11 bits per heavy atom. The van der Waals surface area contributed by atoms with Crippen LogP contribution in [0.5, 0.6) is 11.5 Å². The van der Waals surface area contributed by atoms with Crippen molar-refractivity contribution in [3.8, 4) is 11.5 Å². The molecule has 0 saturated carbocycles. The van der Waals surface area contributed by atoms with Crippen LogP contribution in [0, 0.1) is 0 Å². The molecule has 0 bridgehead atoms. The van der Waals surface area contributed by atoms with Gasteiger partial charge in [-0.15, -0.1) is 0 Å². The van der Waals surface area contributed by atoms with Crippen LogP contribution < -0.4 is 14.8 Å². The number of aromatic nitrogens is 2. The number of allylic oxidation sites excluding steroid dienone is 2. The lowest BCUT2D eigenvalue weighted by atomic mass is 9.89. The summed E-state index contributed by atoms with van der Waals surface area (Å²) in [4.78, 5) is 18.8. The second kappa shape index (κ2) is 9.82. The van der Waals surface area contributed by atoms with Crippen LogP contribution in [0.4, 0.5) is 5.95 Å². The van der Waals surface area contributed by atoms with E-state index in [4.69, 9.17) is 14.5 Å². The maximum Gasteiger partial charge on any atom is 0.209 e. The van der Waals surface area contributed by atoms with E-state index in [-0.39, 0.29) is 11.9 Å². The summed E-state index contributed by atoms with van der Waals surface area (Å²) in [5, 5.41) is 3.38. The number of carbonyl (C=O) groups is 1. The summed E-state index contributed by atoms with van der Waals surface area (Å²) in [6.45, 7) is 8.33. The third-order valence-electron chi connectivity index (χ3n) is 6.11. The minimum absolute atomic E-state index is 0.0215. The maximum absolute atomic E-state index is 14.0. The zero-order valence-electron chi connectivity index (χ0n) is 20.7. The van der Waals surface area contributed by atoms with E-state index in [0.717, 1.165) is 26.8 Å². The molecule has 1 aliphatic rings. The van der Waals surface area contributed by atoms with E-state index in [9.17, 15) is 4.79 Å². The van der Waals surface area contributed by atoms with Gasteiger partial charge in [-0.25, -0.2) is 4.98 Å². The van der Waals surface area contributed by atoms with Gasteiger partial charge in [0.25, 0.3) is 0 Å². The molecule has 4 aromatic rings. The monoisotopic (exact) mass is 545 g/mol. The number of hydrogen-bond donors (Lipinski definition) is 1. The Bertz CT molecular complexity index is 1470. The minimum Gasteiger partial charge on any atom is -0.490 e. The molecule has 0 saturated heterocycles. The molecule has 3 aromatic carbocycles. The second-order valence-corrected chi connectivity index (χ2v) is 9.84. The number of benzene rings is 3. The smallest absolute Gasteiger partial charge is 0.209 e. The number of ketones is 1. The van der Waals surface area contributed by atoms with Crippen molar-refractivity contribution in [3.05, 3.63) is 93.6 Å². The first-order valence-electron chi connectivity index (χ1n) is 12.1. The highest BCUT2D eigenvalue weighted by Crippen LogP contribution is 2.45. The fourth-order valence-electron chi connectivity index (χ4n) is 4.68. The first-order chi connectivity index (χ1) is 17.4. The average molecular weight is 546 g/mol. The number of Topliss-reactive ketones (excluding diaryl/α,β-unsaturated/α-hetero) is 1. The van der Waals surface area contributed by atoms with Gasteiger partial charge in [-0.1, -0.05) is 42.5 Å². The molecule has 2 heterocycles. The Balaban J connectivity index is 1.76. The molecule has 0 amide bonds. The van der Waals surface area contributed by atoms with Crippen molar-refractivity contribution < 1.29 is 14.3 Å². The highest BCUT2D eigenvalue weighted by molar-refractivity contribution is 9.10. The maximum atomic E-state index is 14.0. The molecule has 0 unspecified atom stereocenters. The molecule has 1 N–H and O–H groups in total. The SMILES string of the molecule is CCOc1cc([C@@H]2C(C(=O)c3ccccc3)=C(C)Nc3nc4ccccc4n32)cc(Br)c1OC(C)C. The Morgan fingerprint density at radius 2 is 1.83 bits per heavy atom. The van der Waals surface area contributed by atoms with Crippen LogP contribution in [0.3, 0.4) is 0 Å². The van der Waals surface area contributed by atoms with Gasteiger partial charge in [0, 0.05) is 16.8 Å². The van der Waals surface area contributed by atoms with Crippen molar-refractivity contribution in [2.45, 2.75) is 39.8 Å². The lowest BCUT2D eigenvalue weighted by Gasteiger charge is -2.31. The third-order valence-corrected chi connectivity index (χ3v) is 6.70. The van der Waals surface area contributed by atoms with E-state index in [1.54, 1.807) is 0 Å². The van der Waals surface area contributed by atoms with Gasteiger partial charge >= 0.3 is 0 Å². The molecule has 1 aromatic heterocycles. The van der Waals surface area contributed by atoms with Crippen LogP contribution in [0.25, 0.3) is 11.0 Å². The third kappa shape index (κ3) is 4.28. The topological polar surface area (TPSA) is 65.4 Å². The number of rotatable bonds is 7. The van der Waals surface area contributed by atoms with Crippen LogP contribution in [0.15, 0.2) is 82.5 Å². The number of nitrogens with zero attached hydrogens (tertiary/aromatic N) is 2. The quantitative estimate of drug-likeness (QED) is 0.249. The van der Waals surface area contributed by atoms with E-state index in [2.05, 4.69) is 25.8 Å². The molecule has 6 nitrogen and oxygen atoms in total. The molecule has 1 atom stereocenters. The lowest BCUT2D eigenvalue weighted by Crippen LogP contribution is -2.28. The Morgan fingerprint density at radius 3 is 2.56 bits per heavy atom. The summed E-state index contributed by atoms with van der Waals surface area (Å²) < 4.78 is 15.0. The molecule has 0 fully saturated rings. The highest BCUT2D eigenvalue weighted by Gasteiger charge is 2.35. The largest absolute Gasteiger partial charge is 0.490 e. The van der Waals surface area contributed by atoms with Gasteiger partial charge in [0.05, 0.1) is 34.3 Å². The molecular weight excluding hydrogens is 518 g/mol. The normalized spacial score (nSPS) is 15.1. The summed E-state index contributed by atoms with van der Waals surface area (Å²) in [6, 6.07) is 20.9. The van der Waals surface area contributed by atoms with E-state index in [0.29, 0.717) is 35.2 Å². The van der Waals surface area contributed by atoms with Gasteiger partial charge < -0.3 is 14.8 Å². The summed E-state index contributed by atoms with van der Waals surface area (Å²) >= 11 is 3.71. The van der Waals surface area contributed by atoms with Crippen molar-refractivity contribution in [2.24, 2.45) is 0 Å². The molecule has 184 valence electrons. The number of para-hydroxylation sites is 2. The van der Waals surface area contributed by atoms with Crippen LogP contribution in [-0.2, 0) is 0 Å². The lowest BCUT2D eigenvalue weighted by molar-refractivity contribution is 0.102. The first-order valence-corrected chi connectivity index (χ1v) is 12.9. The number of hydrogen-bond acceptors (Lipinski definition) is 5. The zero-order valence-corrected chi connectivity index (χ0v) is 22.3. The number of nitrogens with one attached hydrogen (secondary N) is 1. The Kier molecular flexibility index (Phi) is 6.58. The number of anilines is 1. The Labute approximate surface area is 219 Å². The molecule has 36 heavy (non-hydrogen) atoms. The molecule has 5 rings (SSSR count). The number of carbonyl (C=O) groups excluding carboxylic acids is 1. The average Bonchev–Trinajstić information content (AvgIpc) is 3.23. The highest BCUT2D eigenvalue weighted by atomic mass is 79.9. The van der Waals surface area contributed by atoms with Gasteiger partial charge in [-0.2, -0.15) is 0 Å². The van der Waals surface area contributed by atoms with Gasteiger partial charge in [-0.3, -0.25) is 9.36 Å². The fourth-order valence-corrected chi connectivity index (χ4v) is 5.23. The van der Waals surface area contributed by atoms with Crippen molar-refractivity contribution in [1.82, 2.24) is 9.55 Å². The molecule has 0 radical (unpaired) electrons. The zero-order chi connectivity index (χ0) is 25.4. The number of fused-ring (bicyclic) bond motifs is 3. The van der Waals surface area contributed by atoms with Gasteiger partial charge in [-0.05, 0) is 73.5 Å². The molecule has 1 aliphatic heterocycles. The first kappa shape index (κ1) is 24.1. The van der Waals surface area contributed by atoms with Crippen LogP contribution in [-0.4, -0.2) is 28.0 Å². The van der Waals surface area contributed by atoms with Gasteiger partial charge in [0.1, 0.15) is 0 Å². The summed E-state index contributed by atoms with van der Waals surface area (Å²) in [5.74, 6) is 1.94. The molecule has 0 spiro atoms. The Hall–Kier alpha value is -3.58. The number of halogens is 1. The van der Waals surface area contributed by atoms with E-state index in [1.165, 1.54) is 0 Å². The van der Waals surface area contributed by atoms with Gasteiger partial charge in [0.2, 0.25) is 5.95 Å². The number of imidazole rings is 1. The van der Waals surface area contributed by atoms with Crippen LogP contribution in [0.1, 0.15) is 49.7 Å². The van der Waals surface area contributed by atoms with Crippen molar-refractivity contribution >= 4 is 38.7 Å². The van der Waals surface area contributed by atoms with Crippen molar-refractivity contribution in [3.63, 3.8) is 0 Å². The summed E-state index contributed by atoms with van der Waals surface area (Å²) in [6.07, 6.45) is -0.0215. The molecule has 0 aliphatic carbocycles. The van der Waals surface area contributed by atoms with Crippen molar-refractivity contribution in [2.75, 3.05) is 11.9 Å². The minimum atomic E-state index is -0.426. The standard InChI is InChI=1S/C29H28BrN3O3/c1-5-35-24-16-20(15-21(30)28(24)36-17(2)3)26-25(27(34)19-11-7-6-8-12-19)18(4)31-29-32-22-13-9-10-14-23(22)33(26)29/h6-17,26H,5H2,1-4H3,(H,31,32)/t26-/m1/s1. The van der Waals surface area contributed by atoms with Crippen molar-refractivity contribution in [1.29, 1.82) is 0 Å². The molecule has 7 heteroatoms. The van der Waals surface area contributed by atoms with E-state index < -0.39 is 6.04 Å². The van der Waals surface area contributed by atoms with E-state index in [1.807, 2.05) is 94.4 Å². The fraction of sp³-hybridized carbons (Fsp3) is 0.241. The van der Waals surface area contributed by atoms with Crippen LogP contribution >= 0.6 is 15.9 Å². The summed E-state index contributed by atoms with van der Waals surface area (Å²) in [5.41, 5.74) is 4.75. The number of ether oxygens (including phenoxy) is 2. The van der Waals surface area contributed by atoms with E-state index >= 15 is 0 Å². The second-order valence-electron chi connectivity index (χ2n) is 8.99. The predicted molar refractivity (Wildman–Crippen MR) is 146 cm³/mol. The predicted octanol–water partition coefficient (Wildman–Crippen LogP) is 7.16. The molecular formula is C29H28BrN3O3. The summed E-state index contributed by atoms with van der Waals surface area (Å²) in [7, 11) is 0. The van der Waals surface area contributed by atoms with Crippen LogP contribution in [0.2, 0.25) is 0 Å². The van der Waals surface area contributed by atoms with Gasteiger partial charge in [0.15, 0.2) is 17.3 Å².